The fraction of sp³-hybridized carbons (Fsp3) is 0.200. The predicted octanol–water partition coefficient (Wildman–Crippen LogP) is 2.81. The minimum atomic E-state index is -0.0685. The number of likely N-dealkylation sites (N-methyl/N-ethyl adjacent to an activating group) is 1. The van der Waals surface area contributed by atoms with Crippen molar-refractivity contribution in [3.05, 3.63) is 46.4 Å². The first kappa shape index (κ1) is 15.6. The zero-order chi connectivity index (χ0) is 15.7. The van der Waals surface area contributed by atoms with Crippen LogP contribution in [-0.2, 0) is 4.79 Å². The summed E-state index contributed by atoms with van der Waals surface area (Å²) in [7, 11) is 1.68. The van der Waals surface area contributed by atoms with Crippen LogP contribution in [-0.4, -0.2) is 40.4 Å². The van der Waals surface area contributed by atoms with Crippen molar-refractivity contribution in [2.24, 2.45) is 0 Å². The Labute approximate surface area is 142 Å². The van der Waals surface area contributed by atoms with Gasteiger partial charge in [-0.2, -0.15) is 0 Å². The molecule has 0 atom stereocenters. The summed E-state index contributed by atoms with van der Waals surface area (Å²) < 4.78 is 0.573. The van der Waals surface area contributed by atoms with Gasteiger partial charge in [-0.25, -0.2) is 0 Å². The van der Waals surface area contributed by atoms with Gasteiger partial charge in [0, 0.05) is 18.5 Å². The van der Waals surface area contributed by atoms with Crippen LogP contribution in [0.1, 0.15) is 0 Å². The number of amides is 1. The van der Waals surface area contributed by atoms with Gasteiger partial charge in [0.2, 0.25) is 0 Å². The molecule has 0 bridgehead atoms. The number of fused-ring (bicyclic) bond motifs is 1. The molecular weight excluding hydrogens is 336 g/mol. The predicted molar refractivity (Wildman–Crippen MR) is 95.9 cm³/mol. The van der Waals surface area contributed by atoms with Gasteiger partial charge in [-0.3, -0.25) is 9.69 Å². The molecule has 0 saturated carbocycles. The molecule has 1 saturated heterocycles. The largest absolute Gasteiger partial charge is 0.395 e. The number of thiocarbonyl (C=S) groups is 1. The van der Waals surface area contributed by atoms with Crippen LogP contribution in [0.3, 0.4) is 0 Å². The van der Waals surface area contributed by atoms with E-state index in [0.717, 1.165) is 15.6 Å². The summed E-state index contributed by atoms with van der Waals surface area (Å²) in [6.45, 7) is 0.599. The van der Waals surface area contributed by atoms with Crippen molar-refractivity contribution in [2.75, 3.05) is 25.1 Å². The minimum absolute atomic E-state index is 0.0685. The summed E-state index contributed by atoms with van der Waals surface area (Å²) in [5.41, 5.74) is 1.09. The summed E-state index contributed by atoms with van der Waals surface area (Å²) in [6, 6.07) is 8.06. The van der Waals surface area contributed by atoms with Crippen LogP contribution < -0.4 is 4.90 Å². The number of hydrogen-bond donors (Lipinski definition) is 1. The first-order valence-electron chi connectivity index (χ1n) is 6.69. The number of aliphatic hydroxyl groups excluding tert-OH is 1. The third-order valence-corrected chi connectivity index (χ3v) is 5.96. The number of β-amino-alcohol motifs (C(OH)–C–C–N with tert-alkyl or cyclic N) is 1. The van der Waals surface area contributed by atoms with Crippen LogP contribution in [0.4, 0.5) is 5.69 Å². The molecule has 2 aliphatic heterocycles. The zero-order valence-corrected chi connectivity index (χ0v) is 14.3. The molecule has 1 aromatic carbocycles. The number of allylic oxidation sites excluding steroid dienone is 2. The number of benzene rings is 1. The highest BCUT2D eigenvalue weighted by Crippen LogP contribution is 2.45. The van der Waals surface area contributed by atoms with Gasteiger partial charge in [0.1, 0.15) is 4.32 Å². The molecule has 0 unspecified atom stereocenters. The molecule has 0 aliphatic carbocycles. The number of carbonyl (C=O) groups excluding carboxylic acids is 1. The van der Waals surface area contributed by atoms with Crippen LogP contribution in [0, 0.1) is 0 Å². The fourth-order valence-corrected chi connectivity index (χ4v) is 4.43. The van der Waals surface area contributed by atoms with Gasteiger partial charge in [0.05, 0.1) is 22.2 Å². The number of hydrogen-bond acceptors (Lipinski definition) is 6. The van der Waals surface area contributed by atoms with Crippen molar-refractivity contribution in [1.29, 1.82) is 0 Å². The van der Waals surface area contributed by atoms with E-state index >= 15 is 0 Å². The van der Waals surface area contributed by atoms with Crippen LogP contribution in [0.2, 0.25) is 0 Å². The quantitative estimate of drug-likeness (QED) is 0.668. The minimum Gasteiger partial charge on any atom is -0.395 e. The number of anilines is 1. The Balaban J connectivity index is 1.89. The number of carbonyl (C=O) groups is 1. The maximum atomic E-state index is 12.0. The maximum Gasteiger partial charge on any atom is 0.265 e. The van der Waals surface area contributed by atoms with Gasteiger partial charge in [-0.1, -0.05) is 47.9 Å². The Morgan fingerprint density at radius 1 is 1.27 bits per heavy atom. The Hall–Kier alpha value is -1.28. The maximum absolute atomic E-state index is 12.0. The van der Waals surface area contributed by atoms with E-state index in [1.807, 2.05) is 24.3 Å². The van der Waals surface area contributed by atoms with Crippen LogP contribution >= 0.6 is 35.7 Å². The molecule has 1 fully saturated rings. The topological polar surface area (TPSA) is 43.8 Å². The van der Waals surface area contributed by atoms with Gasteiger partial charge in [0.15, 0.2) is 0 Å². The summed E-state index contributed by atoms with van der Waals surface area (Å²) >= 11 is 8.07. The highest BCUT2D eigenvalue weighted by atomic mass is 32.2. The molecule has 0 radical (unpaired) electrons. The molecule has 1 N–H and O–H groups in total. The normalized spacial score (nSPS) is 21.4. The van der Waals surface area contributed by atoms with E-state index in [-0.39, 0.29) is 12.5 Å². The molecule has 22 heavy (non-hydrogen) atoms. The summed E-state index contributed by atoms with van der Waals surface area (Å²) in [5, 5.41) is 10.3. The second-order valence-electron chi connectivity index (χ2n) is 4.71. The molecule has 0 spiro atoms. The molecule has 3 rings (SSSR count). The van der Waals surface area contributed by atoms with Crippen molar-refractivity contribution in [3.8, 4) is 0 Å². The molecule has 0 aromatic heterocycles. The van der Waals surface area contributed by atoms with Gasteiger partial charge in [-0.15, -0.1) is 0 Å². The third kappa shape index (κ3) is 2.81. The zero-order valence-electron chi connectivity index (χ0n) is 11.9. The smallest absolute Gasteiger partial charge is 0.265 e. The van der Waals surface area contributed by atoms with Crippen LogP contribution in [0.25, 0.3) is 0 Å². The van der Waals surface area contributed by atoms with E-state index in [2.05, 4.69) is 11.0 Å². The Bertz CT molecular complexity index is 700. The lowest BCUT2D eigenvalue weighted by Crippen LogP contribution is -2.22. The monoisotopic (exact) mass is 350 g/mol. The van der Waals surface area contributed by atoms with Crippen LogP contribution in [0.15, 0.2) is 51.2 Å². The Morgan fingerprint density at radius 2 is 2.05 bits per heavy atom. The van der Waals surface area contributed by atoms with Gasteiger partial charge >= 0.3 is 0 Å². The van der Waals surface area contributed by atoms with Crippen molar-refractivity contribution in [1.82, 2.24) is 4.90 Å². The Kier molecular flexibility index (Phi) is 4.58. The SMILES string of the molecule is CN1C(=O)/C(=C/C=C2\Sc3ccccc3N2CCO)SC1=S. The first-order chi connectivity index (χ1) is 10.6. The van der Waals surface area contributed by atoms with Crippen molar-refractivity contribution in [3.63, 3.8) is 0 Å². The molecule has 1 aromatic rings. The fourth-order valence-electron chi connectivity index (χ4n) is 2.21. The van der Waals surface area contributed by atoms with E-state index in [1.165, 1.54) is 16.7 Å². The Morgan fingerprint density at radius 3 is 2.73 bits per heavy atom. The molecule has 1 amide bonds. The lowest BCUT2D eigenvalue weighted by atomic mass is 10.3. The van der Waals surface area contributed by atoms with E-state index in [1.54, 1.807) is 24.9 Å². The molecular formula is C15H14N2O2S3. The lowest BCUT2D eigenvalue weighted by Gasteiger charge is -2.18. The van der Waals surface area contributed by atoms with Crippen molar-refractivity contribution in [2.45, 2.75) is 4.90 Å². The summed E-state index contributed by atoms with van der Waals surface area (Å²) in [5.74, 6) is -0.0685. The third-order valence-electron chi connectivity index (χ3n) is 3.32. The standard InChI is InChI=1S/C15H14N2O2S3/c1-16-14(19)12(22-15(16)20)6-7-13-17(8-9-18)10-4-2-3-5-11(10)21-13/h2-7,18H,8-9H2,1H3/b12-6-,13-7-. The molecule has 2 aliphatic rings. The van der Waals surface area contributed by atoms with Gasteiger partial charge in [-0.05, 0) is 24.3 Å². The van der Waals surface area contributed by atoms with E-state index in [9.17, 15) is 9.90 Å². The number of para-hydroxylation sites is 1. The van der Waals surface area contributed by atoms with Crippen molar-refractivity contribution >= 4 is 51.7 Å². The summed E-state index contributed by atoms with van der Waals surface area (Å²) in [6.07, 6.45) is 3.73. The van der Waals surface area contributed by atoms with Gasteiger partial charge < -0.3 is 10.0 Å². The second-order valence-corrected chi connectivity index (χ2v) is 7.45. The highest BCUT2D eigenvalue weighted by molar-refractivity contribution is 8.26. The second kappa shape index (κ2) is 6.45. The number of aliphatic hydroxyl groups is 1. The summed E-state index contributed by atoms with van der Waals surface area (Å²) in [4.78, 5) is 17.3. The number of nitrogens with zero attached hydrogens (tertiary/aromatic N) is 2. The number of thioether (sulfide) groups is 2. The van der Waals surface area contributed by atoms with Crippen LogP contribution in [0.5, 0.6) is 0 Å². The van der Waals surface area contributed by atoms with E-state index < -0.39 is 0 Å². The highest BCUT2D eigenvalue weighted by Gasteiger charge is 2.29. The molecule has 114 valence electrons. The molecule has 4 nitrogen and oxygen atoms in total. The molecule has 2 heterocycles. The lowest BCUT2D eigenvalue weighted by molar-refractivity contribution is -0.121. The van der Waals surface area contributed by atoms with Gasteiger partial charge in [0.25, 0.3) is 5.91 Å². The van der Waals surface area contributed by atoms with E-state index in [4.69, 9.17) is 12.2 Å². The first-order valence-corrected chi connectivity index (χ1v) is 8.73. The average molecular weight is 350 g/mol. The van der Waals surface area contributed by atoms with E-state index in [0.29, 0.717) is 15.8 Å². The number of rotatable bonds is 3. The molecule has 7 heteroatoms. The van der Waals surface area contributed by atoms with Crippen molar-refractivity contribution < 1.29 is 9.90 Å². The average Bonchev–Trinajstić information content (AvgIpc) is 2.99.